The monoisotopic (exact) mass is 931 g/mol. The highest BCUT2D eigenvalue weighted by Crippen LogP contribution is 2.45. The van der Waals surface area contributed by atoms with Crippen LogP contribution in [0.2, 0.25) is 0 Å². The topological polar surface area (TPSA) is 185 Å². The van der Waals surface area contributed by atoms with Crippen molar-refractivity contribution >= 4 is 39.7 Å². The molecule has 4 saturated heterocycles. The van der Waals surface area contributed by atoms with Crippen LogP contribution in [0.4, 0.5) is 4.79 Å². The number of ether oxygens (including phenoxy) is 4. The average molecular weight is 931 g/mol. The Hall–Kier alpha value is -5.55. The number of aromatic nitrogens is 4. The fourth-order valence-corrected chi connectivity index (χ4v) is 12.4. The van der Waals surface area contributed by atoms with Gasteiger partial charge >= 0.3 is 6.09 Å². The summed E-state index contributed by atoms with van der Waals surface area (Å²) in [5.74, 6) is 2.21. The SMILES string of the molecule is CON[C@H](C(=O)N1[C@@H](C)CC[C@H]1c1nc2ccc3cc4c(cc3c2[nH]1)OCc1cc(-c2cnc([C@@H]3CC[C@H](C)N3C(=O)[C@@H](NC(=O)OC)C3C[C@@H](C)O[C@H](C)C3)[nH]2)ccc1-4)C1C[C@@H](C)O[C@H](C)C1. The Kier molecular flexibility index (Phi) is 12.7. The van der Waals surface area contributed by atoms with Gasteiger partial charge < -0.3 is 48.9 Å². The predicted molar refractivity (Wildman–Crippen MR) is 256 cm³/mol. The van der Waals surface area contributed by atoms with E-state index < -0.39 is 18.2 Å². The first kappa shape index (κ1) is 46.2. The van der Waals surface area contributed by atoms with Gasteiger partial charge in [0.05, 0.1) is 73.6 Å². The van der Waals surface area contributed by atoms with Gasteiger partial charge in [-0.2, -0.15) is 5.48 Å². The number of methoxy groups -OCH3 is 1. The van der Waals surface area contributed by atoms with Crippen LogP contribution in [0.3, 0.4) is 0 Å². The quantitative estimate of drug-likeness (QED) is 0.0986. The third kappa shape index (κ3) is 8.62. The predicted octanol–water partition coefficient (Wildman–Crippen LogP) is 8.42. The van der Waals surface area contributed by atoms with Gasteiger partial charge in [0.2, 0.25) is 11.8 Å². The number of amides is 3. The van der Waals surface area contributed by atoms with Crippen LogP contribution in [0.1, 0.15) is 122 Å². The molecule has 68 heavy (non-hydrogen) atoms. The fraction of sp³-hybridized carbons (Fsp3) is 0.558. The molecular formula is C52H66N8O8. The maximum Gasteiger partial charge on any atom is 0.407 e. The summed E-state index contributed by atoms with van der Waals surface area (Å²) in [7, 11) is 2.90. The first-order valence-corrected chi connectivity index (χ1v) is 24.6. The van der Waals surface area contributed by atoms with Crippen molar-refractivity contribution in [2.45, 2.75) is 160 Å². The molecule has 5 aliphatic rings. The third-order valence-corrected chi connectivity index (χ3v) is 15.4. The molecule has 16 heteroatoms. The standard InChI is InChI=1S/C52H66N8O8/c1-26-9-15-42(59(26)50(61)45(57-52(63)64-7)34-17-28(3)67-29(4)18-34)48-53-24-41(55-48)33-11-13-37-36(21-33)25-66-44-23-38-32(22-39(37)44)12-14-40-47(38)56-49(54-40)43-16-10-27(2)60(43)51(62)46(58-65-8)35-19-30(5)68-31(6)20-35/h11-14,21-24,26-31,34-35,42-43,45-46,58H,9-10,15-20,25H2,1-8H3,(H,53,55)(H,54,56)(H,57,63)/t26-,27-,28+,29+,30+,31+,42-,43-,45-,46-/m0/s1. The summed E-state index contributed by atoms with van der Waals surface area (Å²) in [5.41, 5.74) is 9.84. The number of likely N-dealkylation sites (tertiary alicyclic amines) is 2. The van der Waals surface area contributed by atoms with Crippen LogP contribution < -0.4 is 15.5 Å². The molecule has 362 valence electrons. The van der Waals surface area contributed by atoms with Gasteiger partial charge in [-0.25, -0.2) is 14.8 Å². The van der Waals surface area contributed by atoms with E-state index in [0.717, 1.165) is 106 Å². The number of alkyl carbamates (subject to hydrolysis) is 1. The summed E-state index contributed by atoms with van der Waals surface area (Å²) in [5, 5.41) is 4.96. The molecule has 0 radical (unpaired) electrons. The molecule has 2 aromatic heterocycles. The van der Waals surface area contributed by atoms with Crippen molar-refractivity contribution in [1.29, 1.82) is 0 Å². The van der Waals surface area contributed by atoms with Crippen molar-refractivity contribution in [3.8, 4) is 28.1 Å². The summed E-state index contributed by atoms with van der Waals surface area (Å²) >= 11 is 0. The zero-order chi connectivity index (χ0) is 47.5. The van der Waals surface area contributed by atoms with Crippen LogP contribution in [-0.2, 0) is 35.2 Å². The highest BCUT2D eigenvalue weighted by molar-refractivity contribution is 6.07. The molecule has 0 unspecified atom stereocenters. The number of hydrogen-bond acceptors (Lipinski definition) is 11. The molecule has 3 aromatic carbocycles. The fourth-order valence-electron chi connectivity index (χ4n) is 12.4. The number of nitrogens with one attached hydrogen (secondary N) is 4. The Labute approximate surface area is 397 Å². The van der Waals surface area contributed by atoms with Crippen molar-refractivity contribution in [3.05, 3.63) is 65.9 Å². The number of imidazole rings is 2. The first-order chi connectivity index (χ1) is 32.8. The average Bonchev–Trinajstić information content (AvgIpc) is 4.14. The molecule has 5 aliphatic heterocycles. The lowest BCUT2D eigenvalue weighted by atomic mass is 9.85. The van der Waals surface area contributed by atoms with Crippen LogP contribution in [0.5, 0.6) is 5.75 Å². The molecule has 3 amide bonds. The summed E-state index contributed by atoms with van der Waals surface area (Å²) in [6.07, 6.45) is 7.46. The molecular weight excluding hydrogens is 865 g/mol. The van der Waals surface area contributed by atoms with Crippen molar-refractivity contribution < 1.29 is 38.2 Å². The van der Waals surface area contributed by atoms with Crippen LogP contribution in [0, 0.1) is 11.8 Å². The number of benzene rings is 3. The molecule has 4 N–H and O–H groups in total. The number of fused-ring (bicyclic) bond motifs is 6. The number of rotatable bonds is 10. The summed E-state index contributed by atoms with van der Waals surface area (Å²) in [4.78, 5) is 68.2. The van der Waals surface area contributed by atoms with E-state index in [1.165, 1.54) is 7.11 Å². The highest BCUT2D eigenvalue weighted by atomic mass is 16.6. The molecule has 5 aromatic rings. The summed E-state index contributed by atoms with van der Waals surface area (Å²) in [6.45, 7) is 12.8. The number of nitrogens with zero attached hydrogens (tertiary/aromatic N) is 4. The number of H-pyrrole nitrogens is 2. The summed E-state index contributed by atoms with van der Waals surface area (Å²) in [6, 6.07) is 13.2. The molecule has 10 atom stereocenters. The lowest BCUT2D eigenvalue weighted by Gasteiger charge is -2.39. The number of aromatic amines is 2. The zero-order valence-electron chi connectivity index (χ0n) is 40.5. The Morgan fingerprint density at radius 1 is 0.735 bits per heavy atom. The van der Waals surface area contributed by atoms with Gasteiger partial charge in [-0.1, -0.05) is 18.2 Å². The van der Waals surface area contributed by atoms with Crippen molar-refractivity contribution in [3.63, 3.8) is 0 Å². The van der Waals surface area contributed by atoms with E-state index in [9.17, 15) is 14.4 Å². The van der Waals surface area contributed by atoms with Crippen LogP contribution in [0.15, 0.2) is 48.7 Å². The Morgan fingerprint density at radius 2 is 1.37 bits per heavy atom. The van der Waals surface area contributed by atoms with E-state index >= 15 is 0 Å². The number of carbonyl (C=O) groups excluding carboxylic acids is 3. The summed E-state index contributed by atoms with van der Waals surface area (Å²) < 4.78 is 23.5. The lowest BCUT2D eigenvalue weighted by Crippen LogP contribution is -2.55. The van der Waals surface area contributed by atoms with E-state index in [0.29, 0.717) is 19.4 Å². The largest absolute Gasteiger partial charge is 0.488 e. The Morgan fingerprint density at radius 3 is 2.01 bits per heavy atom. The molecule has 0 spiro atoms. The second-order valence-corrected chi connectivity index (χ2v) is 20.3. The maximum absolute atomic E-state index is 14.5. The van der Waals surface area contributed by atoms with E-state index in [-0.39, 0.29) is 72.2 Å². The van der Waals surface area contributed by atoms with Crippen molar-refractivity contribution in [2.24, 2.45) is 11.8 Å². The zero-order valence-corrected chi connectivity index (χ0v) is 40.5. The minimum absolute atomic E-state index is 0.0259. The molecule has 16 nitrogen and oxygen atoms in total. The van der Waals surface area contributed by atoms with Crippen LogP contribution >= 0.6 is 0 Å². The maximum atomic E-state index is 14.5. The second-order valence-electron chi connectivity index (χ2n) is 20.3. The van der Waals surface area contributed by atoms with Gasteiger partial charge in [0, 0.05) is 23.0 Å². The van der Waals surface area contributed by atoms with E-state index in [1.54, 1.807) is 7.11 Å². The van der Waals surface area contributed by atoms with Gasteiger partial charge in [0.1, 0.15) is 36.1 Å². The number of hydroxylamine groups is 1. The Balaban J connectivity index is 0.888. The molecule has 0 aliphatic carbocycles. The van der Waals surface area contributed by atoms with Crippen molar-refractivity contribution in [2.75, 3.05) is 14.2 Å². The van der Waals surface area contributed by atoms with Gasteiger partial charge in [-0.3, -0.25) is 9.59 Å². The number of hydrogen-bond donors (Lipinski definition) is 4. The van der Waals surface area contributed by atoms with Crippen LogP contribution in [0.25, 0.3) is 44.2 Å². The Bertz CT molecular complexity index is 2680. The van der Waals surface area contributed by atoms with Gasteiger partial charge in [-0.05, 0) is 151 Å². The third-order valence-electron chi connectivity index (χ3n) is 15.4. The lowest BCUT2D eigenvalue weighted by molar-refractivity contribution is -0.146. The highest BCUT2D eigenvalue weighted by Gasteiger charge is 2.46. The van der Waals surface area contributed by atoms with E-state index in [4.69, 9.17) is 33.8 Å². The molecule has 0 bridgehead atoms. The minimum Gasteiger partial charge on any atom is -0.488 e. The van der Waals surface area contributed by atoms with Gasteiger partial charge in [0.25, 0.3) is 0 Å². The first-order valence-electron chi connectivity index (χ1n) is 24.6. The van der Waals surface area contributed by atoms with E-state index in [1.807, 2.05) is 29.8 Å². The molecule has 10 rings (SSSR count). The number of carbonyl (C=O) groups is 3. The van der Waals surface area contributed by atoms with Gasteiger partial charge in [0.15, 0.2) is 0 Å². The second kappa shape index (κ2) is 18.7. The molecule has 7 heterocycles. The molecule has 4 fully saturated rings. The molecule has 0 saturated carbocycles. The smallest absolute Gasteiger partial charge is 0.407 e. The minimum atomic E-state index is -0.741. The van der Waals surface area contributed by atoms with Crippen molar-refractivity contribution in [1.82, 2.24) is 40.5 Å². The van der Waals surface area contributed by atoms with Gasteiger partial charge in [-0.15, -0.1) is 0 Å². The van der Waals surface area contributed by atoms with Crippen LogP contribution in [-0.4, -0.2) is 110 Å². The normalized spacial score (nSPS) is 29.1. The van der Waals surface area contributed by atoms with E-state index in [2.05, 4.69) is 90.9 Å².